The van der Waals surface area contributed by atoms with Crippen molar-refractivity contribution in [2.45, 2.75) is 59.5 Å². The van der Waals surface area contributed by atoms with Gasteiger partial charge in [0, 0.05) is 0 Å². The third kappa shape index (κ3) is 2.07. The molecule has 0 amide bonds. The zero-order valence-electron chi connectivity index (χ0n) is 11.2. The molecule has 0 heterocycles. The molecular weight excluding hydrogens is 196 g/mol. The van der Waals surface area contributed by atoms with Crippen molar-refractivity contribution in [1.29, 1.82) is 0 Å². The van der Waals surface area contributed by atoms with Gasteiger partial charge in [0.25, 0.3) is 0 Å². The fraction of sp³-hybridized carbons (Fsp3) is 0.867. The second-order valence-electron chi connectivity index (χ2n) is 6.72. The summed E-state index contributed by atoms with van der Waals surface area (Å²) in [5.74, 6) is 2.51. The quantitative estimate of drug-likeness (QED) is 0.618. The first kappa shape index (κ1) is 12.2. The third-order valence-electron chi connectivity index (χ3n) is 5.13. The van der Waals surface area contributed by atoms with Crippen LogP contribution in [0, 0.1) is 23.2 Å². The lowest BCUT2D eigenvalue weighted by Crippen LogP contribution is -2.46. The first-order valence-corrected chi connectivity index (χ1v) is 6.76. The van der Waals surface area contributed by atoms with Crippen molar-refractivity contribution in [3.8, 4) is 0 Å². The van der Waals surface area contributed by atoms with Gasteiger partial charge in [-0.25, -0.2) is 0 Å². The molecule has 0 radical (unpaired) electrons. The Labute approximate surface area is 99.9 Å². The lowest BCUT2D eigenvalue weighted by molar-refractivity contribution is -0.0429. The summed E-state index contributed by atoms with van der Waals surface area (Å²) >= 11 is 0. The second kappa shape index (κ2) is 4.18. The molecule has 92 valence electrons. The Morgan fingerprint density at radius 1 is 1.31 bits per heavy atom. The minimum atomic E-state index is -0.192. The highest BCUT2D eigenvalue weighted by Crippen LogP contribution is 2.56. The Balaban J connectivity index is 2.15. The van der Waals surface area contributed by atoms with Gasteiger partial charge >= 0.3 is 0 Å². The van der Waals surface area contributed by atoms with Gasteiger partial charge in [-0.15, -0.1) is 0 Å². The van der Waals surface area contributed by atoms with Crippen LogP contribution >= 0.6 is 0 Å². The Morgan fingerprint density at radius 3 is 2.62 bits per heavy atom. The summed E-state index contributed by atoms with van der Waals surface area (Å²) in [7, 11) is 0. The SMILES string of the molecule is CC1=CCC2C(CC2(C)C)C(C)CCC1O. The van der Waals surface area contributed by atoms with Crippen LogP contribution in [-0.2, 0) is 0 Å². The van der Waals surface area contributed by atoms with E-state index in [0.29, 0.717) is 5.41 Å². The maximum absolute atomic E-state index is 9.98. The van der Waals surface area contributed by atoms with E-state index < -0.39 is 0 Å². The maximum Gasteiger partial charge on any atom is 0.0747 e. The molecule has 1 saturated carbocycles. The Morgan fingerprint density at radius 2 is 2.00 bits per heavy atom. The van der Waals surface area contributed by atoms with Gasteiger partial charge in [-0.05, 0) is 61.3 Å². The molecule has 4 atom stereocenters. The van der Waals surface area contributed by atoms with Crippen LogP contribution in [0.15, 0.2) is 11.6 Å². The maximum atomic E-state index is 9.98. The van der Waals surface area contributed by atoms with E-state index >= 15 is 0 Å². The summed E-state index contributed by atoms with van der Waals surface area (Å²) in [6.45, 7) is 9.26. The summed E-state index contributed by atoms with van der Waals surface area (Å²) in [5.41, 5.74) is 1.71. The molecule has 1 nitrogen and oxygen atoms in total. The number of rotatable bonds is 0. The monoisotopic (exact) mass is 222 g/mol. The van der Waals surface area contributed by atoms with Crippen molar-refractivity contribution in [2.24, 2.45) is 23.2 Å². The van der Waals surface area contributed by atoms with Crippen molar-refractivity contribution in [1.82, 2.24) is 0 Å². The molecule has 0 spiro atoms. The summed E-state index contributed by atoms with van der Waals surface area (Å²) in [4.78, 5) is 0. The smallest absolute Gasteiger partial charge is 0.0747 e. The number of allylic oxidation sites excluding steroid dienone is 1. The van der Waals surface area contributed by atoms with Crippen molar-refractivity contribution in [3.05, 3.63) is 11.6 Å². The lowest BCUT2D eigenvalue weighted by atomic mass is 9.51. The van der Waals surface area contributed by atoms with E-state index in [-0.39, 0.29) is 6.10 Å². The Bertz CT molecular complexity index is 290. The van der Waals surface area contributed by atoms with Crippen LogP contribution < -0.4 is 0 Å². The zero-order chi connectivity index (χ0) is 11.9. The fourth-order valence-corrected chi connectivity index (χ4v) is 3.72. The molecule has 0 aliphatic heterocycles. The normalized spacial score (nSPS) is 43.2. The minimum absolute atomic E-state index is 0.192. The third-order valence-corrected chi connectivity index (χ3v) is 5.13. The summed E-state index contributed by atoms with van der Waals surface area (Å²) in [5, 5.41) is 9.98. The van der Waals surface area contributed by atoms with E-state index in [2.05, 4.69) is 33.8 Å². The van der Waals surface area contributed by atoms with E-state index in [0.717, 1.165) is 24.2 Å². The van der Waals surface area contributed by atoms with Crippen LogP contribution in [0.2, 0.25) is 0 Å². The largest absolute Gasteiger partial charge is 0.389 e. The van der Waals surface area contributed by atoms with E-state index in [1.165, 1.54) is 24.8 Å². The average Bonchev–Trinajstić information content (AvgIpc) is 2.24. The minimum Gasteiger partial charge on any atom is -0.389 e. The molecule has 2 aliphatic rings. The fourth-order valence-electron chi connectivity index (χ4n) is 3.72. The van der Waals surface area contributed by atoms with Crippen LogP contribution in [-0.4, -0.2) is 11.2 Å². The first-order valence-electron chi connectivity index (χ1n) is 6.76. The molecule has 2 rings (SSSR count). The molecule has 0 bridgehead atoms. The highest BCUT2D eigenvalue weighted by molar-refractivity contribution is 5.10. The van der Waals surface area contributed by atoms with Crippen molar-refractivity contribution >= 4 is 0 Å². The summed E-state index contributed by atoms with van der Waals surface area (Å²) in [6, 6.07) is 0. The highest BCUT2D eigenvalue weighted by Gasteiger charge is 2.48. The number of aliphatic hydroxyl groups excluding tert-OH is 1. The standard InChI is InChI=1S/C15H26O/c1-10-6-8-14(16)11(2)5-7-13-12(10)9-15(13,3)4/h5,10,12-14,16H,6-9H2,1-4H3. The predicted molar refractivity (Wildman–Crippen MR) is 68.2 cm³/mol. The molecule has 1 heteroatoms. The predicted octanol–water partition coefficient (Wildman–Crippen LogP) is 3.78. The van der Waals surface area contributed by atoms with Gasteiger partial charge in [-0.2, -0.15) is 0 Å². The Kier molecular flexibility index (Phi) is 3.18. The van der Waals surface area contributed by atoms with Gasteiger partial charge in [-0.1, -0.05) is 26.8 Å². The molecule has 2 aliphatic carbocycles. The lowest BCUT2D eigenvalue weighted by Gasteiger charge is -2.54. The van der Waals surface area contributed by atoms with E-state index in [1.54, 1.807) is 0 Å². The van der Waals surface area contributed by atoms with Gasteiger partial charge in [0.15, 0.2) is 0 Å². The van der Waals surface area contributed by atoms with Gasteiger partial charge in [-0.3, -0.25) is 0 Å². The molecule has 0 aromatic heterocycles. The van der Waals surface area contributed by atoms with Crippen molar-refractivity contribution in [3.63, 3.8) is 0 Å². The molecule has 0 aromatic carbocycles. The number of hydrogen-bond acceptors (Lipinski definition) is 1. The molecular formula is C15H26O. The Hall–Kier alpha value is -0.300. The van der Waals surface area contributed by atoms with Crippen LogP contribution in [0.4, 0.5) is 0 Å². The average molecular weight is 222 g/mol. The van der Waals surface area contributed by atoms with Crippen LogP contribution in [0.1, 0.15) is 53.4 Å². The first-order chi connectivity index (χ1) is 7.42. The van der Waals surface area contributed by atoms with Crippen molar-refractivity contribution in [2.75, 3.05) is 0 Å². The number of hydrogen-bond donors (Lipinski definition) is 1. The topological polar surface area (TPSA) is 20.2 Å². The molecule has 1 N–H and O–H groups in total. The van der Waals surface area contributed by atoms with Gasteiger partial charge < -0.3 is 5.11 Å². The van der Waals surface area contributed by atoms with Crippen molar-refractivity contribution < 1.29 is 5.11 Å². The number of fused-ring (bicyclic) bond motifs is 1. The van der Waals surface area contributed by atoms with Gasteiger partial charge in [0.05, 0.1) is 6.10 Å². The molecule has 0 saturated heterocycles. The van der Waals surface area contributed by atoms with E-state index in [4.69, 9.17) is 0 Å². The molecule has 0 aromatic rings. The van der Waals surface area contributed by atoms with Gasteiger partial charge in [0.1, 0.15) is 0 Å². The second-order valence-corrected chi connectivity index (χ2v) is 6.72. The highest BCUT2D eigenvalue weighted by atomic mass is 16.3. The molecule has 16 heavy (non-hydrogen) atoms. The van der Waals surface area contributed by atoms with Crippen LogP contribution in [0.25, 0.3) is 0 Å². The van der Waals surface area contributed by atoms with Crippen LogP contribution in [0.5, 0.6) is 0 Å². The van der Waals surface area contributed by atoms with Gasteiger partial charge in [0.2, 0.25) is 0 Å². The summed E-state index contributed by atoms with van der Waals surface area (Å²) < 4.78 is 0. The van der Waals surface area contributed by atoms with Crippen LogP contribution in [0.3, 0.4) is 0 Å². The molecule has 4 unspecified atom stereocenters. The van der Waals surface area contributed by atoms with E-state index in [1.807, 2.05) is 0 Å². The molecule has 1 fully saturated rings. The zero-order valence-corrected chi connectivity index (χ0v) is 11.2. The van der Waals surface area contributed by atoms with E-state index in [9.17, 15) is 5.11 Å². The summed E-state index contributed by atoms with van der Waals surface area (Å²) in [6.07, 6.45) is 6.79. The number of aliphatic hydroxyl groups is 1.